The van der Waals surface area contributed by atoms with Crippen molar-refractivity contribution in [2.24, 2.45) is 29.6 Å². The Hall–Kier alpha value is -1.64. The van der Waals surface area contributed by atoms with Crippen molar-refractivity contribution >= 4 is 10.8 Å². The molecule has 2 aliphatic rings. The van der Waals surface area contributed by atoms with E-state index >= 15 is 0 Å². The summed E-state index contributed by atoms with van der Waals surface area (Å²) in [7, 11) is 0. The number of aliphatic hydroxyl groups is 1. The van der Waals surface area contributed by atoms with Crippen LogP contribution in [-0.4, -0.2) is 24.9 Å². The average molecular weight is 547 g/mol. The van der Waals surface area contributed by atoms with E-state index in [4.69, 9.17) is 4.74 Å². The zero-order valence-electron chi connectivity index (χ0n) is 26.0. The molecular formula is C38H58O2. The van der Waals surface area contributed by atoms with Crippen LogP contribution in [0, 0.1) is 29.6 Å². The van der Waals surface area contributed by atoms with Gasteiger partial charge in [0.25, 0.3) is 0 Å². The van der Waals surface area contributed by atoms with Gasteiger partial charge in [-0.3, -0.25) is 0 Å². The SMILES string of the molecule is C=C(C)COCCC(CCO)C1CCC(C2CCC(c3ccc4cc(CCCCC)ccc4c3)C(CC)C2)CC1. The largest absolute Gasteiger partial charge is 0.396 e. The number of fused-ring (bicyclic) bond motifs is 1. The lowest BCUT2D eigenvalue weighted by Crippen LogP contribution is -2.31. The molecule has 0 aromatic heterocycles. The van der Waals surface area contributed by atoms with Gasteiger partial charge in [-0.15, -0.1) is 0 Å². The molecule has 2 aromatic carbocycles. The lowest BCUT2D eigenvalue weighted by Gasteiger charge is -2.43. The van der Waals surface area contributed by atoms with Gasteiger partial charge >= 0.3 is 0 Å². The van der Waals surface area contributed by atoms with E-state index in [0.717, 1.165) is 54.6 Å². The van der Waals surface area contributed by atoms with Crippen LogP contribution >= 0.6 is 0 Å². The van der Waals surface area contributed by atoms with E-state index in [2.05, 4.69) is 56.8 Å². The average Bonchev–Trinajstić information content (AvgIpc) is 2.98. The van der Waals surface area contributed by atoms with Crippen LogP contribution in [0.15, 0.2) is 48.6 Å². The van der Waals surface area contributed by atoms with Crippen molar-refractivity contribution in [2.75, 3.05) is 19.8 Å². The number of benzene rings is 2. The Bertz CT molecular complexity index is 1030. The van der Waals surface area contributed by atoms with Crippen molar-refractivity contribution in [1.29, 1.82) is 0 Å². The number of ether oxygens (including phenoxy) is 1. The van der Waals surface area contributed by atoms with Gasteiger partial charge in [-0.2, -0.15) is 0 Å². The predicted molar refractivity (Wildman–Crippen MR) is 172 cm³/mol. The predicted octanol–water partition coefficient (Wildman–Crippen LogP) is 10.3. The maximum absolute atomic E-state index is 9.70. The molecule has 4 unspecified atom stereocenters. The van der Waals surface area contributed by atoms with Crippen LogP contribution in [0.25, 0.3) is 10.8 Å². The fraction of sp³-hybridized carbons (Fsp3) is 0.684. The molecule has 40 heavy (non-hydrogen) atoms. The Balaban J connectivity index is 1.30. The summed E-state index contributed by atoms with van der Waals surface area (Å²) in [6.07, 6.45) is 18.1. The Labute approximate surface area is 246 Å². The summed E-state index contributed by atoms with van der Waals surface area (Å²) in [6.45, 7) is 12.4. The number of aliphatic hydroxyl groups excluding tert-OH is 1. The van der Waals surface area contributed by atoms with Crippen molar-refractivity contribution in [3.8, 4) is 0 Å². The van der Waals surface area contributed by atoms with Crippen molar-refractivity contribution in [3.63, 3.8) is 0 Å². The van der Waals surface area contributed by atoms with Crippen LogP contribution in [0.4, 0.5) is 0 Å². The van der Waals surface area contributed by atoms with Gasteiger partial charge in [-0.25, -0.2) is 0 Å². The minimum atomic E-state index is 0.308. The topological polar surface area (TPSA) is 29.5 Å². The molecule has 0 bridgehead atoms. The second kappa shape index (κ2) is 16.1. The van der Waals surface area contributed by atoms with Gasteiger partial charge < -0.3 is 9.84 Å². The molecule has 2 saturated carbocycles. The Morgan fingerprint density at radius 3 is 2.40 bits per heavy atom. The van der Waals surface area contributed by atoms with E-state index in [-0.39, 0.29) is 0 Å². The summed E-state index contributed by atoms with van der Waals surface area (Å²) in [5.74, 6) is 4.72. The third kappa shape index (κ3) is 8.68. The molecule has 0 spiro atoms. The van der Waals surface area contributed by atoms with Crippen LogP contribution in [0.5, 0.6) is 0 Å². The molecule has 4 atom stereocenters. The first-order chi connectivity index (χ1) is 19.5. The van der Waals surface area contributed by atoms with Crippen molar-refractivity contribution in [3.05, 3.63) is 59.7 Å². The minimum Gasteiger partial charge on any atom is -0.396 e. The highest BCUT2D eigenvalue weighted by atomic mass is 16.5. The summed E-state index contributed by atoms with van der Waals surface area (Å²) in [5.41, 5.74) is 4.17. The molecule has 2 heteroatoms. The zero-order chi connectivity index (χ0) is 28.3. The number of rotatable bonds is 15. The summed E-state index contributed by atoms with van der Waals surface area (Å²) in [6, 6.07) is 14.6. The molecule has 0 saturated heterocycles. The van der Waals surface area contributed by atoms with Crippen molar-refractivity contribution in [2.45, 2.75) is 117 Å². The highest BCUT2D eigenvalue weighted by Crippen LogP contribution is 2.49. The van der Waals surface area contributed by atoms with Crippen LogP contribution < -0.4 is 0 Å². The maximum atomic E-state index is 9.70. The monoisotopic (exact) mass is 546 g/mol. The summed E-state index contributed by atoms with van der Waals surface area (Å²) < 4.78 is 5.82. The molecule has 4 rings (SSSR count). The number of unbranched alkanes of at least 4 members (excludes halogenated alkanes) is 2. The number of aryl methyl sites for hydroxylation is 1. The molecule has 222 valence electrons. The Morgan fingerprint density at radius 1 is 0.925 bits per heavy atom. The molecule has 2 nitrogen and oxygen atoms in total. The van der Waals surface area contributed by atoms with E-state index in [1.54, 1.807) is 5.56 Å². The lowest BCUT2D eigenvalue weighted by atomic mass is 9.63. The summed E-state index contributed by atoms with van der Waals surface area (Å²) >= 11 is 0. The third-order valence-corrected chi connectivity index (χ3v) is 10.6. The van der Waals surface area contributed by atoms with E-state index in [1.807, 2.05) is 6.92 Å². The smallest absolute Gasteiger partial charge is 0.0671 e. The van der Waals surface area contributed by atoms with E-state index in [0.29, 0.717) is 19.1 Å². The molecule has 0 aliphatic heterocycles. The first-order valence-electron chi connectivity index (χ1n) is 16.9. The highest BCUT2D eigenvalue weighted by Gasteiger charge is 2.36. The third-order valence-electron chi connectivity index (χ3n) is 10.6. The second-order valence-corrected chi connectivity index (χ2v) is 13.5. The van der Waals surface area contributed by atoms with Gasteiger partial charge in [-0.05, 0) is 135 Å². The van der Waals surface area contributed by atoms with Gasteiger partial charge in [0.2, 0.25) is 0 Å². The van der Waals surface area contributed by atoms with Crippen LogP contribution in [0.1, 0.15) is 121 Å². The van der Waals surface area contributed by atoms with Gasteiger partial charge in [0.1, 0.15) is 0 Å². The fourth-order valence-corrected chi connectivity index (χ4v) is 8.25. The summed E-state index contributed by atoms with van der Waals surface area (Å²) in [4.78, 5) is 0. The number of hydrogen-bond acceptors (Lipinski definition) is 2. The quantitative estimate of drug-likeness (QED) is 0.178. The second-order valence-electron chi connectivity index (χ2n) is 13.5. The van der Waals surface area contributed by atoms with Gasteiger partial charge in [0, 0.05) is 13.2 Å². The van der Waals surface area contributed by atoms with Crippen LogP contribution in [-0.2, 0) is 11.2 Å². The molecule has 2 aromatic rings. The molecule has 0 heterocycles. The normalized spacial score (nSPS) is 26.1. The first-order valence-corrected chi connectivity index (χ1v) is 16.9. The molecule has 0 radical (unpaired) electrons. The summed E-state index contributed by atoms with van der Waals surface area (Å²) in [5, 5.41) is 12.5. The Morgan fingerprint density at radius 2 is 1.68 bits per heavy atom. The Kier molecular flexibility index (Phi) is 12.6. The van der Waals surface area contributed by atoms with Crippen molar-refractivity contribution < 1.29 is 9.84 Å². The lowest BCUT2D eigenvalue weighted by molar-refractivity contribution is 0.0795. The van der Waals surface area contributed by atoms with Gasteiger partial charge in [-0.1, -0.05) is 81.7 Å². The van der Waals surface area contributed by atoms with E-state index in [9.17, 15) is 5.11 Å². The van der Waals surface area contributed by atoms with E-state index < -0.39 is 0 Å². The van der Waals surface area contributed by atoms with Gasteiger partial charge in [0.05, 0.1) is 6.61 Å². The van der Waals surface area contributed by atoms with Crippen molar-refractivity contribution in [1.82, 2.24) is 0 Å². The molecule has 1 N–H and O–H groups in total. The fourth-order valence-electron chi connectivity index (χ4n) is 8.25. The number of hydrogen-bond donors (Lipinski definition) is 1. The molecule has 2 fully saturated rings. The zero-order valence-corrected chi connectivity index (χ0v) is 26.0. The van der Waals surface area contributed by atoms with Crippen LogP contribution in [0.3, 0.4) is 0 Å². The maximum Gasteiger partial charge on any atom is 0.0671 e. The molecule has 0 amide bonds. The standard InChI is InChI=1S/C38H58O2/c1-5-7-8-9-29-10-11-36-26-37(17-16-34(36)24-29)38-19-18-35(25-30(38)6-2)32-14-12-31(13-15-32)33(20-22-39)21-23-40-27-28(3)4/h10-11,16-17,24,26,30-33,35,38-39H,3,5-9,12-15,18-23,25,27H2,1-2,4H3. The first kappa shape index (κ1) is 31.3. The highest BCUT2D eigenvalue weighted by molar-refractivity contribution is 5.84. The molecule has 2 aliphatic carbocycles. The minimum absolute atomic E-state index is 0.308. The molecular weight excluding hydrogens is 488 g/mol. The van der Waals surface area contributed by atoms with Gasteiger partial charge in [0.15, 0.2) is 0 Å². The van der Waals surface area contributed by atoms with Crippen LogP contribution in [0.2, 0.25) is 0 Å². The van der Waals surface area contributed by atoms with E-state index in [1.165, 1.54) is 93.4 Å².